The van der Waals surface area contributed by atoms with Gasteiger partial charge in [-0.05, 0) is 46.9 Å². The second-order valence-corrected chi connectivity index (χ2v) is 10.6. The molecule has 43 heavy (non-hydrogen) atoms. The SMILES string of the molecule is Cl.OCC(CO)c1cccc(OCCCN(Cc2cccc(C(F)(F)F)c2Cl)CC(c2ccccc2)c2ccccc2)c1. The van der Waals surface area contributed by atoms with Crippen molar-refractivity contribution in [3.05, 3.63) is 136 Å². The van der Waals surface area contributed by atoms with Crippen LogP contribution in [0.25, 0.3) is 0 Å². The summed E-state index contributed by atoms with van der Waals surface area (Å²) in [4.78, 5) is 2.12. The van der Waals surface area contributed by atoms with E-state index in [1.54, 1.807) is 12.1 Å². The van der Waals surface area contributed by atoms with Crippen molar-refractivity contribution in [2.24, 2.45) is 0 Å². The molecule has 0 spiro atoms. The van der Waals surface area contributed by atoms with E-state index >= 15 is 0 Å². The lowest BCUT2D eigenvalue weighted by atomic mass is 9.90. The van der Waals surface area contributed by atoms with Crippen LogP contribution in [0.15, 0.2) is 103 Å². The van der Waals surface area contributed by atoms with Crippen molar-refractivity contribution in [1.82, 2.24) is 4.90 Å². The Morgan fingerprint density at radius 2 is 1.35 bits per heavy atom. The van der Waals surface area contributed by atoms with Crippen LogP contribution in [0, 0.1) is 0 Å². The summed E-state index contributed by atoms with van der Waals surface area (Å²) >= 11 is 6.31. The van der Waals surface area contributed by atoms with E-state index in [2.05, 4.69) is 29.2 Å². The summed E-state index contributed by atoms with van der Waals surface area (Å²) in [5, 5.41) is 18.7. The molecule has 9 heteroatoms. The minimum atomic E-state index is -4.54. The van der Waals surface area contributed by atoms with Crippen molar-refractivity contribution in [2.45, 2.75) is 31.0 Å². The van der Waals surface area contributed by atoms with E-state index in [9.17, 15) is 23.4 Å². The molecule has 4 nitrogen and oxygen atoms in total. The minimum absolute atomic E-state index is 0. The maximum absolute atomic E-state index is 13.6. The van der Waals surface area contributed by atoms with E-state index in [4.69, 9.17) is 16.3 Å². The Kier molecular flexibility index (Phi) is 13.4. The smallest absolute Gasteiger partial charge is 0.417 e. The lowest BCUT2D eigenvalue weighted by Crippen LogP contribution is -2.31. The van der Waals surface area contributed by atoms with Gasteiger partial charge >= 0.3 is 6.18 Å². The Bertz CT molecular complexity index is 1350. The van der Waals surface area contributed by atoms with Crippen molar-refractivity contribution >= 4 is 24.0 Å². The molecular formula is C34H36Cl2F3NO3. The van der Waals surface area contributed by atoms with Crippen molar-refractivity contribution in [3.63, 3.8) is 0 Å². The van der Waals surface area contributed by atoms with E-state index in [1.807, 2.05) is 54.6 Å². The second kappa shape index (κ2) is 16.7. The zero-order valence-corrected chi connectivity index (χ0v) is 25.2. The Morgan fingerprint density at radius 3 is 1.93 bits per heavy atom. The largest absolute Gasteiger partial charge is 0.494 e. The monoisotopic (exact) mass is 633 g/mol. The van der Waals surface area contributed by atoms with Crippen LogP contribution >= 0.6 is 24.0 Å². The average molecular weight is 635 g/mol. The molecule has 0 saturated heterocycles. The van der Waals surface area contributed by atoms with E-state index in [1.165, 1.54) is 6.07 Å². The van der Waals surface area contributed by atoms with Gasteiger partial charge in [0.05, 0.1) is 30.4 Å². The maximum atomic E-state index is 13.6. The van der Waals surface area contributed by atoms with E-state index in [-0.39, 0.29) is 49.0 Å². The third-order valence-electron chi connectivity index (χ3n) is 7.28. The number of halogens is 5. The molecule has 0 aliphatic carbocycles. The van der Waals surface area contributed by atoms with Gasteiger partial charge in [0.2, 0.25) is 0 Å². The maximum Gasteiger partial charge on any atom is 0.417 e. The van der Waals surface area contributed by atoms with E-state index < -0.39 is 11.7 Å². The van der Waals surface area contributed by atoms with Gasteiger partial charge in [0.25, 0.3) is 0 Å². The summed E-state index contributed by atoms with van der Waals surface area (Å²) in [6.45, 7) is 1.39. The van der Waals surface area contributed by atoms with Gasteiger partial charge in [0, 0.05) is 31.5 Å². The molecule has 2 N–H and O–H groups in total. The first-order chi connectivity index (χ1) is 20.3. The summed E-state index contributed by atoms with van der Waals surface area (Å²) in [5.74, 6) is 0.232. The van der Waals surface area contributed by atoms with Crippen LogP contribution in [0.1, 0.15) is 46.1 Å². The number of hydrogen-bond donors (Lipinski definition) is 2. The van der Waals surface area contributed by atoms with Crippen LogP contribution in [0.3, 0.4) is 0 Å². The van der Waals surface area contributed by atoms with Crippen molar-refractivity contribution in [3.8, 4) is 5.75 Å². The molecular weight excluding hydrogens is 598 g/mol. The lowest BCUT2D eigenvalue weighted by molar-refractivity contribution is -0.137. The molecule has 0 aromatic heterocycles. The van der Waals surface area contributed by atoms with E-state index in [0.717, 1.165) is 22.8 Å². The number of benzene rings is 4. The van der Waals surface area contributed by atoms with Crippen LogP contribution in [-0.2, 0) is 12.7 Å². The molecule has 0 aliphatic rings. The summed E-state index contributed by atoms with van der Waals surface area (Å²) in [7, 11) is 0. The molecule has 0 fully saturated rings. The first-order valence-corrected chi connectivity index (χ1v) is 14.3. The Hall–Kier alpha value is -3.07. The van der Waals surface area contributed by atoms with Crippen molar-refractivity contribution < 1.29 is 28.1 Å². The Labute approximate surface area is 262 Å². The van der Waals surface area contributed by atoms with Gasteiger partial charge in [-0.2, -0.15) is 13.2 Å². The molecule has 0 radical (unpaired) electrons. The highest BCUT2D eigenvalue weighted by molar-refractivity contribution is 6.32. The first-order valence-electron chi connectivity index (χ1n) is 13.9. The Balaban J connectivity index is 0.00000506. The molecule has 0 aliphatic heterocycles. The molecule has 0 atom stereocenters. The number of nitrogens with zero attached hydrogens (tertiary/aromatic N) is 1. The number of ether oxygens (including phenoxy) is 1. The number of alkyl halides is 3. The second-order valence-electron chi connectivity index (χ2n) is 10.2. The molecule has 0 amide bonds. The van der Waals surface area contributed by atoms with Gasteiger partial charge in [-0.3, -0.25) is 4.90 Å². The minimum Gasteiger partial charge on any atom is -0.494 e. The van der Waals surface area contributed by atoms with Crippen LogP contribution in [0.2, 0.25) is 5.02 Å². The van der Waals surface area contributed by atoms with Crippen LogP contribution in [-0.4, -0.2) is 48.0 Å². The van der Waals surface area contributed by atoms with Crippen molar-refractivity contribution in [1.29, 1.82) is 0 Å². The highest BCUT2D eigenvalue weighted by Crippen LogP contribution is 2.37. The third kappa shape index (κ3) is 9.71. The molecule has 4 aromatic rings. The van der Waals surface area contributed by atoms with Crippen molar-refractivity contribution in [2.75, 3.05) is 32.9 Å². The molecule has 0 saturated carbocycles. The molecule has 0 bridgehead atoms. The fourth-order valence-electron chi connectivity index (χ4n) is 5.03. The number of aliphatic hydroxyl groups excluding tert-OH is 2. The standard InChI is InChI=1S/C34H35ClF3NO3.ClH/c35-33-28(15-8-17-32(33)34(36,37)38)21-39(18-9-19-42-30-16-7-14-27(20-30)29(23-40)24-41)22-31(25-10-3-1-4-11-25)26-12-5-2-6-13-26;/h1-8,10-17,20,29,31,40-41H,9,18-19,21-24H2;1H. The van der Waals surface area contributed by atoms with Crippen LogP contribution in [0.4, 0.5) is 13.2 Å². The number of hydrogen-bond acceptors (Lipinski definition) is 4. The summed E-state index contributed by atoms with van der Waals surface area (Å²) in [6.07, 6.45) is -3.93. The summed E-state index contributed by atoms with van der Waals surface area (Å²) in [6, 6.07) is 31.4. The van der Waals surface area contributed by atoms with Gasteiger partial charge in [-0.25, -0.2) is 0 Å². The highest BCUT2D eigenvalue weighted by atomic mass is 35.5. The topological polar surface area (TPSA) is 52.9 Å². The third-order valence-corrected chi connectivity index (χ3v) is 7.73. The predicted octanol–water partition coefficient (Wildman–Crippen LogP) is 7.95. The molecule has 230 valence electrons. The summed E-state index contributed by atoms with van der Waals surface area (Å²) < 4.78 is 46.8. The average Bonchev–Trinajstić information content (AvgIpc) is 3.00. The molecule has 0 heterocycles. The van der Waals surface area contributed by atoms with Gasteiger partial charge in [-0.1, -0.05) is 96.5 Å². The first kappa shape index (κ1) is 34.4. The predicted molar refractivity (Wildman–Crippen MR) is 167 cm³/mol. The Morgan fingerprint density at radius 1 is 0.767 bits per heavy atom. The zero-order valence-electron chi connectivity index (χ0n) is 23.6. The lowest BCUT2D eigenvalue weighted by Gasteiger charge is -2.29. The van der Waals surface area contributed by atoms with Gasteiger partial charge in [0.1, 0.15) is 5.75 Å². The van der Waals surface area contributed by atoms with Gasteiger partial charge in [-0.15, -0.1) is 12.4 Å². The quantitative estimate of drug-likeness (QED) is 0.138. The summed E-state index contributed by atoms with van der Waals surface area (Å²) in [5.41, 5.74) is 2.58. The normalized spacial score (nSPS) is 11.7. The highest BCUT2D eigenvalue weighted by Gasteiger charge is 2.34. The fourth-order valence-corrected chi connectivity index (χ4v) is 5.33. The van der Waals surface area contributed by atoms with E-state index in [0.29, 0.717) is 37.4 Å². The van der Waals surface area contributed by atoms with Gasteiger partial charge < -0.3 is 14.9 Å². The molecule has 4 aromatic carbocycles. The fraction of sp³-hybridized carbons (Fsp3) is 0.294. The number of rotatable bonds is 14. The number of aliphatic hydroxyl groups is 2. The molecule has 0 unspecified atom stereocenters. The molecule has 4 rings (SSSR count). The zero-order chi connectivity index (χ0) is 30.0. The van der Waals surface area contributed by atoms with Crippen LogP contribution in [0.5, 0.6) is 5.75 Å². The van der Waals surface area contributed by atoms with Crippen LogP contribution < -0.4 is 4.74 Å². The van der Waals surface area contributed by atoms with Gasteiger partial charge in [0.15, 0.2) is 0 Å².